The summed E-state index contributed by atoms with van der Waals surface area (Å²) < 4.78 is 14.6. The fraction of sp³-hybridized carbons (Fsp3) is 0.0500. The van der Waals surface area contributed by atoms with E-state index in [2.05, 4.69) is 10.4 Å². The van der Waals surface area contributed by atoms with Gasteiger partial charge in [0.25, 0.3) is 11.5 Å². The monoisotopic (exact) mass is 379 g/mol. The Morgan fingerprint density at radius 1 is 1.11 bits per heavy atom. The Balaban J connectivity index is 1.80. The summed E-state index contributed by atoms with van der Waals surface area (Å²) in [4.78, 5) is 31.1. The van der Waals surface area contributed by atoms with Gasteiger partial charge in [-0.1, -0.05) is 24.3 Å². The van der Waals surface area contributed by atoms with Crippen molar-refractivity contribution in [3.63, 3.8) is 0 Å². The van der Waals surface area contributed by atoms with Gasteiger partial charge in [0.05, 0.1) is 10.9 Å². The number of benzene rings is 2. The second kappa shape index (κ2) is 7.13. The van der Waals surface area contributed by atoms with Crippen molar-refractivity contribution >= 4 is 28.1 Å². The topological polar surface area (TPSA) is 64.0 Å². The summed E-state index contributed by atoms with van der Waals surface area (Å²) in [6, 6.07) is 16.1. The van der Waals surface area contributed by atoms with Crippen LogP contribution in [0.25, 0.3) is 10.9 Å². The van der Waals surface area contributed by atoms with Gasteiger partial charge in [0.15, 0.2) is 0 Å². The third-order valence-electron chi connectivity index (χ3n) is 4.06. The van der Waals surface area contributed by atoms with Crippen LogP contribution in [-0.4, -0.2) is 15.6 Å². The molecule has 0 saturated carbocycles. The maximum Gasteiger partial charge on any atom is 0.280 e. The number of fused-ring (bicyclic) bond motifs is 1. The van der Waals surface area contributed by atoms with Gasteiger partial charge in [-0.3, -0.25) is 15.0 Å². The molecule has 2 aromatic heterocycles. The molecule has 0 unspecified atom stereocenters. The molecule has 27 heavy (non-hydrogen) atoms. The summed E-state index contributed by atoms with van der Waals surface area (Å²) in [6.07, 6.45) is 0.390. The number of carbonyl (C=O) groups is 1. The molecule has 0 aliphatic carbocycles. The van der Waals surface area contributed by atoms with Gasteiger partial charge in [-0.15, -0.1) is 11.3 Å². The quantitative estimate of drug-likeness (QED) is 0.590. The summed E-state index contributed by atoms with van der Waals surface area (Å²) in [5, 5.41) is 2.33. The molecular formula is C20H14FN3O2S. The third kappa shape index (κ3) is 3.50. The van der Waals surface area contributed by atoms with Crippen LogP contribution in [0.2, 0.25) is 0 Å². The van der Waals surface area contributed by atoms with E-state index < -0.39 is 11.7 Å². The van der Waals surface area contributed by atoms with E-state index in [1.807, 2.05) is 17.5 Å². The first-order valence-corrected chi connectivity index (χ1v) is 9.10. The lowest BCUT2D eigenvalue weighted by Gasteiger charge is -2.14. The van der Waals surface area contributed by atoms with Crippen molar-refractivity contribution in [1.82, 2.24) is 9.66 Å². The molecule has 4 aromatic rings. The van der Waals surface area contributed by atoms with Crippen molar-refractivity contribution in [3.8, 4) is 0 Å². The normalized spacial score (nSPS) is 10.9. The molecule has 2 heterocycles. The van der Waals surface area contributed by atoms with E-state index in [0.717, 1.165) is 15.6 Å². The number of thiophene rings is 1. The Morgan fingerprint density at radius 2 is 1.96 bits per heavy atom. The number of nitrogens with zero attached hydrogens (tertiary/aromatic N) is 2. The van der Waals surface area contributed by atoms with E-state index in [0.29, 0.717) is 23.1 Å². The van der Waals surface area contributed by atoms with E-state index in [1.165, 1.54) is 29.5 Å². The van der Waals surface area contributed by atoms with E-state index in [4.69, 9.17) is 0 Å². The van der Waals surface area contributed by atoms with Crippen molar-refractivity contribution in [1.29, 1.82) is 0 Å². The molecule has 5 nitrogen and oxygen atoms in total. The standard InChI is InChI=1S/C20H14FN3O2S/c21-14-6-3-5-13(11-14)19(25)23-24-18(12-15-7-4-10-27-15)22-17-9-2-1-8-16(17)20(24)26/h1-11H,12H2,(H,23,25). The fourth-order valence-electron chi connectivity index (χ4n) is 2.78. The van der Waals surface area contributed by atoms with E-state index in [9.17, 15) is 14.0 Å². The molecular weight excluding hydrogens is 365 g/mol. The number of hydrogen-bond acceptors (Lipinski definition) is 4. The average Bonchev–Trinajstić information content (AvgIpc) is 3.18. The van der Waals surface area contributed by atoms with Crippen LogP contribution in [0.3, 0.4) is 0 Å². The van der Waals surface area contributed by atoms with Gasteiger partial charge in [-0.05, 0) is 41.8 Å². The van der Waals surface area contributed by atoms with Crippen LogP contribution in [0.15, 0.2) is 70.8 Å². The lowest BCUT2D eigenvalue weighted by Crippen LogP contribution is -2.36. The van der Waals surface area contributed by atoms with Crippen molar-refractivity contribution in [2.45, 2.75) is 6.42 Å². The summed E-state index contributed by atoms with van der Waals surface area (Å²) >= 11 is 1.54. The Kier molecular flexibility index (Phi) is 4.52. The maximum atomic E-state index is 13.4. The number of carbonyl (C=O) groups excluding carboxylic acids is 1. The number of halogens is 1. The zero-order valence-electron chi connectivity index (χ0n) is 14.1. The van der Waals surface area contributed by atoms with Gasteiger partial charge >= 0.3 is 0 Å². The van der Waals surface area contributed by atoms with Crippen LogP contribution in [0.5, 0.6) is 0 Å². The summed E-state index contributed by atoms with van der Waals surface area (Å²) in [6.45, 7) is 0. The molecule has 1 amide bonds. The molecule has 0 atom stereocenters. The summed E-state index contributed by atoms with van der Waals surface area (Å²) in [7, 11) is 0. The molecule has 0 saturated heterocycles. The van der Waals surface area contributed by atoms with Crippen molar-refractivity contribution < 1.29 is 9.18 Å². The van der Waals surface area contributed by atoms with Gasteiger partial charge in [-0.25, -0.2) is 14.1 Å². The SMILES string of the molecule is O=C(Nn1c(Cc2cccs2)nc2ccccc2c1=O)c1cccc(F)c1. The molecule has 0 aliphatic rings. The van der Waals surface area contributed by atoms with E-state index in [1.54, 1.807) is 24.3 Å². The lowest BCUT2D eigenvalue weighted by atomic mass is 10.2. The third-order valence-corrected chi connectivity index (χ3v) is 4.93. The number of para-hydroxylation sites is 1. The van der Waals surface area contributed by atoms with Gasteiger partial charge in [0.1, 0.15) is 11.6 Å². The van der Waals surface area contributed by atoms with Crippen LogP contribution < -0.4 is 11.0 Å². The highest BCUT2D eigenvalue weighted by molar-refractivity contribution is 7.09. The van der Waals surface area contributed by atoms with Gasteiger partial charge in [-0.2, -0.15) is 0 Å². The average molecular weight is 379 g/mol. The minimum absolute atomic E-state index is 0.122. The highest BCUT2D eigenvalue weighted by Gasteiger charge is 2.15. The van der Waals surface area contributed by atoms with Crippen molar-refractivity contribution in [2.24, 2.45) is 0 Å². The number of aromatic nitrogens is 2. The fourth-order valence-corrected chi connectivity index (χ4v) is 3.48. The Hall–Kier alpha value is -3.32. The second-order valence-electron chi connectivity index (χ2n) is 5.89. The molecule has 0 radical (unpaired) electrons. The molecule has 134 valence electrons. The Bertz CT molecular complexity index is 1190. The van der Waals surface area contributed by atoms with Crippen LogP contribution >= 0.6 is 11.3 Å². The van der Waals surface area contributed by atoms with Gasteiger partial charge in [0, 0.05) is 16.9 Å². The zero-order valence-corrected chi connectivity index (χ0v) is 14.9. The minimum Gasteiger partial charge on any atom is -0.267 e. The van der Waals surface area contributed by atoms with Crippen molar-refractivity contribution in [2.75, 3.05) is 5.43 Å². The second-order valence-corrected chi connectivity index (χ2v) is 6.93. The predicted octanol–water partition coefficient (Wildman–Crippen LogP) is 3.57. The van der Waals surface area contributed by atoms with Crippen LogP contribution in [0.4, 0.5) is 4.39 Å². The zero-order chi connectivity index (χ0) is 18.8. The Labute approximate surface area is 157 Å². The smallest absolute Gasteiger partial charge is 0.267 e. The molecule has 0 spiro atoms. The lowest BCUT2D eigenvalue weighted by molar-refractivity contribution is 0.101. The van der Waals surface area contributed by atoms with Gasteiger partial charge in [0.2, 0.25) is 0 Å². The molecule has 0 fully saturated rings. The first-order valence-electron chi connectivity index (χ1n) is 8.22. The number of amides is 1. The maximum absolute atomic E-state index is 13.4. The highest BCUT2D eigenvalue weighted by Crippen LogP contribution is 2.15. The predicted molar refractivity (Wildman–Crippen MR) is 103 cm³/mol. The molecule has 0 bridgehead atoms. The van der Waals surface area contributed by atoms with Gasteiger partial charge < -0.3 is 0 Å². The van der Waals surface area contributed by atoms with E-state index >= 15 is 0 Å². The molecule has 7 heteroatoms. The van der Waals surface area contributed by atoms with Crippen molar-refractivity contribution in [3.05, 3.63) is 98.5 Å². The minimum atomic E-state index is -0.582. The van der Waals surface area contributed by atoms with Crippen LogP contribution in [-0.2, 0) is 6.42 Å². The van der Waals surface area contributed by atoms with Crippen LogP contribution in [0, 0.1) is 5.82 Å². The summed E-state index contributed by atoms with van der Waals surface area (Å²) in [5.41, 5.74) is 2.87. The summed E-state index contributed by atoms with van der Waals surface area (Å²) in [5.74, 6) is -0.697. The molecule has 1 N–H and O–H groups in total. The highest BCUT2D eigenvalue weighted by atomic mass is 32.1. The molecule has 0 aliphatic heterocycles. The first-order chi connectivity index (χ1) is 13.1. The number of nitrogens with one attached hydrogen (secondary N) is 1. The number of hydrogen-bond donors (Lipinski definition) is 1. The van der Waals surface area contributed by atoms with E-state index in [-0.39, 0.29) is 11.1 Å². The first kappa shape index (κ1) is 17.1. The van der Waals surface area contributed by atoms with Crippen LogP contribution in [0.1, 0.15) is 21.1 Å². The largest absolute Gasteiger partial charge is 0.280 e. The molecule has 4 rings (SSSR count). The number of rotatable bonds is 4. The molecule has 2 aromatic carbocycles. The Morgan fingerprint density at radius 3 is 2.74 bits per heavy atom.